The Morgan fingerprint density at radius 2 is 1.88 bits per heavy atom. The van der Waals surface area contributed by atoms with Crippen LogP contribution < -0.4 is 10.6 Å². The smallest absolute Gasteiger partial charge is 0.177 e. The molecule has 0 saturated carbocycles. The van der Waals surface area contributed by atoms with Crippen molar-refractivity contribution in [1.29, 1.82) is 0 Å². The van der Waals surface area contributed by atoms with Gasteiger partial charge in [-0.2, -0.15) is 0 Å². The van der Waals surface area contributed by atoms with Gasteiger partial charge in [0.25, 0.3) is 0 Å². The Morgan fingerprint density at radius 3 is 2.47 bits per heavy atom. The van der Waals surface area contributed by atoms with Gasteiger partial charge in [-0.05, 0) is 31.6 Å². The maximum absolute atomic E-state index is 11.6. The van der Waals surface area contributed by atoms with Gasteiger partial charge in [-0.3, -0.25) is 0 Å². The normalized spacial score (nSPS) is 13.4. The molecule has 1 aromatic rings. The summed E-state index contributed by atoms with van der Waals surface area (Å²) in [6.45, 7) is 3.74. The molecule has 0 aromatic heterocycles. The van der Waals surface area contributed by atoms with Crippen molar-refractivity contribution in [2.24, 2.45) is 5.92 Å². The van der Waals surface area contributed by atoms with Crippen LogP contribution in [0, 0.1) is 5.92 Å². The number of hydrogen-bond acceptors (Lipinski definition) is 4. The minimum absolute atomic E-state index is 0.358. The van der Waals surface area contributed by atoms with Crippen LogP contribution in [0.5, 0.6) is 0 Å². The molecule has 0 aliphatic carbocycles. The SMILES string of the molecule is CNCC(C)CNc1ccccc1S(C)(=O)=O. The molecule has 1 atom stereocenters. The fourth-order valence-corrected chi connectivity index (χ4v) is 2.51. The molecule has 17 heavy (non-hydrogen) atoms. The number of nitrogens with one attached hydrogen (secondary N) is 2. The summed E-state index contributed by atoms with van der Waals surface area (Å²) >= 11 is 0. The zero-order valence-corrected chi connectivity index (χ0v) is 11.3. The summed E-state index contributed by atoms with van der Waals surface area (Å²) in [5.74, 6) is 0.438. The Labute approximate surface area is 103 Å². The molecule has 0 heterocycles. The molecular formula is C12H20N2O2S. The highest BCUT2D eigenvalue weighted by atomic mass is 32.2. The highest BCUT2D eigenvalue weighted by Crippen LogP contribution is 2.20. The van der Waals surface area contributed by atoms with Gasteiger partial charge in [0, 0.05) is 12.8 Å². The van der Waals surface area contributed by atoms with Gasteiger partial charge >= 0.3 is 0 Å². The molecule has 0 amide bonds. The van der Waals surface area contributed by atoms with Crippen LogP contribution in [-0.4, -0.2) is 34.8 Å². The van der Waals surface area contributed by atoms with Crippen LogP contribution in [-0.2, 0) is 9.84 Å². The molecule has 1 unspecified atom stereocenters. The molecule has 0 saturated heterocycles. The Kier molecular flexibility index (Phi) is 4.96. The predicted octanol–water partition coefficient (Wildman–Crippen LogP) is 1.36. The van der Waals surface area contributed by atoms with E-state index in [4.69, 9.17) is 0 Å². The molecule has 0 bridgehead atoms. The van der Waals surface area contributed by atoms with Gasteiger partial charge in [-0.15, -0.1) is 0 Å². The summed E-state index contributed by atoms with van der Waals surface area (Å²) in [5, 5.41) is 6.28. The van der Waals surface area contributed by atoms with Gasteiger partial charge in [0.2, 0.25) is 0 Å². The van der Waals surface area contributed by atoms with E-state index in [2.05, 4.69) is 17.6 Å². The average Bonchev–Trinajstić information content (AvgIpc) is 2.26. The van der Waals surface area contributed by atoms with E-state index in [1.165, 1.54) is 6.26 Å². The zero-order valence-electron chi connectivity index (χ0n) is 10.5. The van der Waals surface area contributed by atoms with Crippen molar-refractivity contribution in [3.05, 3.63) is 24.3 Å². The molecule has 5 heteroatoms. The molecule has 0 aliphatic heterocycles. The average molecular weight is 256 g/mol. The van der Waals surface area contributed by atoms with Gasteiger partial charge in [0.05, 0.1) is 10.6 Å². The van der Waals surface area contributed by atoms with Crippen LogP contribution in [0.25, 0.3) is 0 Å². The second-order valence-electron chi connectivity index (χ2n) is 4.31. The fraction of sp³-hybridized carbons (Fsp3) is 0.500. The molecule has 0 aliphatic rings. The van der Waals surface area contributed by atoms with E-state index >= 15 is 0 Å². The van der Waals surface area contributed by atoms with Crippen molar-refractivity contribution in [2.75, 3.05) is 31.7 Å². The monoisotopic (exact) mass is 256 g/mol. The zero-order chi connectivity index (χ0) is 12.9. The van der Waals surface area contributed by atoms with E-state index in [0.29, 0.717) is 16.5 Å². The largest absolute Gasteiger partial charge is 0.384 e. The van der Waals surface area contributed by atoms with Gasteiger partial charge in [-0.25, -0.2) is 8.42 Å². The number of para-hydroxylation sites is 1. The van der Waals surface area contributed by atoms with Gasteiger partial charge in [-0.1, -0.05) is 19.1 Å². The first-order valence-corrected chi connectivity index (χ1v) is 7.52. The number of sulfone groups is 1. The molecular weight excluding hydrogens is 236 g/mol. The first-order chi connectivity index (χ1) is 7.95. The Hall–Kier alpha value is -1.07. The lowest BCUT2D eigenvalue weighted by Gasteiger charge is -2.15. The van der Waals surface area contributed by atoms with Crippen molar-refractivity contribution in [2.45, 2.75) is 11.8 Å². The maximum Gasteiger partial charge on any atom is 0.177 e. The van der Waals surface area contributed by atoms with Crippen LogP contribution in [0.15, 0.2) is 29.2 Å². The Morgan fingerprint density at radius 1 is 1.24 bits per heavy atom. The summed E-state index contributed by atoms with van der Waals surface area (Å²) in [6.07, 6.45) is 1.23. The van der Waals surface area contributed by atoms with E-state index in [0.717, 1.165) is 13.1 Å². The number of rotatable bonds is 6. The quantitative estimate of drug-likeness (QED) is 0.807. The topological polar surface area (TPSA) is 58.2 Å². The highest BCUT2D eigenvalue weighted by molar-refractivity contribution is 7.90. The number of anilines is 1. The third kappa shape index (κ3) is 4.36. The molecule has 0 spiro atoms. The molecule has 0 radical (unpaired) electrons. The molecule has 4 nitrogen and oxygen atoms in total. The number of benzene rings is 1. The van der Waals surface area contributed by atoms with E-state index in [-0.39, 0.29) is 0 Å². The van der Waals surface area contributed by atoms with Crippen LogP contribution in [0.1, 0.15) is 6.92 Å². The molecule has 2 N–H and O–H groups in total. The Bertz CT molecular complexity index is 457. The lowest BCUT2D eigenvalue weighted by Crippen LogP contribution is -2.23. The first kappa shape index (κ1) is 14.0. The minimum atomic E-state index is -3.17. The molecule has 96 valence electrons. The predicted molar refractivity (Wildman–Crippen MR) is 71.1 cm³/mol. The molecule has 1 rings (SSSR count). The van der Waals surface area contributed by atoms with Gasteiger partial charge in [0.1, 0.15) is 0 Å². The summed E-state index contributed by atoms with van der Waals surface area (Å²) in [5.41, 5.74) is 0.679. The van der Waals surface area contributed by atoms with Crippen molar-refractivity contribution < 1.29 is 8.42 Å². The van der Waals surface area contributed by atoms with E-state index < -0.39 is 9.84 Å². The minimum Gasteiger partial charge on any atom is -0.384 e. The molecule has 1 aromatic carbocycles. The van der Waals surface area contributed by atoms with E-state index in [1.54, 1.807) is 18.2 Å². The molecule has 0 fully saturated rings. The lowest BCUT2D eigenvalue weighted by atomic mass is 10.2. The van der Waals surface area contributed by atoms with E-state index in [9.17, 15) is 8.42 Å². The van der Waals surface area contributed by atoms with Gasteiger partial charge in [0.15, 0.2) is 9.84 Å². The summed E-state index contributed by atoms with van der Waals surface area (Å²) < 4.78 is 23.1. The second kappa shape index (κ2) is 6.02. The van der Waals surface area contributed by atoms with Crippen LogP contribution >= 0.6 is 0 Å². The van der Waals surface area contributed by atoms with E-state index in [1.807, 2.05) is 13.1 Å². The fourth-order valence-electron chi connectivity index (χ4n) is 1.64. The third-order valence-electron chi connectivity index (χ3n) is 2.48. The highest BCUT2D eigenvalue weighted by Gasteiger charge is 2.12. The maximum atomic E-state index is 11.6. The number of hydrogen-bond donors (Lipinski definition) is 2. The van der Waals surface area contributed by atoms with Crippen molar-refractivity contribution in [1.82, 2.24) is 5.32 Å². The van der Waals surface area contributed by atoms with Crippen molar-refractivity contribution >= 4 is 15.5 Å². The standard InChI is InChI=1S/C12H20N2O2S/c1-10(8-13-2)9-14-11-6-4-5-7-12(11)17(3,15)16/h4-7,10,13-14H,8-9H2,1-3H3. The van der Waals surface area contributed by atoms with Crippen molar-refractivity contribution in [3.8, 4) is 0 Å². The summed E-state index contributed by atoms with van der Waals surface area (Å²) in [6, 6.07) is 6.99. The summed E-state index contributed by atoms with van der Waals surface area (Å²) in [4.78, 5) is 0.358. The van der Waals surface area contributed by atoms with Crippen LogP contribution in [0.4, 0.5) is 5.69 Å². The summed E-state index contributed by atoms with van der Waals surface area (Å²) in [7, 11) is -1.27. The first-order valence-electron chi connectivity index (χ1n) is 5.62. The van der Waals surface area contributed by atoms with Crippen LogP contribution in [0.2, 0.25) is 0 Å². The third-order valence-corrected chi connectivity index (χ3v) is 3.64. The van der Waals surface area contributed by atoms with Crippen molar-refractivity contribution in [3.63, 3.8) is 0 Å². The second-order valence-corrected chi connectivity index (χ2v) is 6.30. The Balaban J connectivity index is 2.78. The van der Waals surface area contributed by atoms with Crippen LogP contribution in [0.3, 0.4) is 0 Å². The van der Waals surface area contributed by atoms with Gasteiger partial charge < -0.3 is 10.6 Å². The lowest BCUT2D eigenvalue weighted by molar-refractivity contribution is 0.568.